The molecule has 128 valence electrons. The summed E-state index contributed by atoms with van der Waals surface area (Å²) in [4.78, 5) is 31.0. The Kier molecular flexibility index (Phi) is 6.84. The molecule has 0 aliphatic heterocycles. The van der Waals surface area contributed by atoms with Gasteiger partial charge < -0.3 is 15.0 Å². The number of ether oxygens (including phenoxy) is 1. The van der Waals surface area contributed by atoms with Crippen LogP contribution in [-0.4, -0.2) is 28.2 Å². The molecule has 8 heteroatoms. The molecule has 1 unspecified atom stereocenters. The highest BCUT2D eigenvalue weighted by Crippen LogP contribution is 2.23. The second-order valence-corrected chi connectivity index (χ2v) is 6.61. The van der Waals surface area contributed by atoms with E-state index in [9.17, 15) is 9.59 Å². The van der Waals surface area contributed by atoms with Crippen LogP contribution in [0.3, 0.4) is 0 Å². The third-order valence-electron chi connectivity index (χ3n) is 3.09. The van der Waals surface area contributed by atoms with Gasteiger partial charge in [-0.1, -0.05) is 30.3 Å². The maximum atomic E-state index is 12.4. The Bertz CT molecular complexity index is 749. The van der Waals surface area contributed by atoms with Gasteiger partial charge in [0.2, 0.25) is 5.91 Å². The number of hydrogen-bond donors (Lipinski definition) is 2. The molecule has 2 rings (SSSR count). The van der Waals surface area contributed by atoms with Crippen molar-refractivity contribution in [3.05, 3.63) is 51.4 Å². The lowest BCUT2D eigenvalue weighted by Gasteiger charge is -2.14. The van der Waals surface area contributed by atoms with Gasteiger partial charge in [-0.3, -0.25) is 9.59 Å². The van der Waals surface area contributed by atoms with Crippen LogP contribution in [0.1, 0.15) is 19.0 Å². The molecule has 0 saturated heterocycles. The van der Waals surface area contributed by atoms with Gasteiger partial charge in [0.25, 0.3) is 5.56 Å². The van der Waals surface area contributed by atoms with Crippen molar-refractivity contribution in [2.24, 2.45) is 0 Å². The summed E-state index contributed by atoms with van der Waals surface area (Å²) < 4.78 is 4.99. The number of rotatable bonds is 7. The van der Waals surface area contributed by atoms with Crippen molar-refractivity contribution >= 4 is 35.0 Å². The minimum Gasteiger partial charge on any atom is -0.378 e. The van der Waals surface area contributed by atoms with Gasteiger partial charge in [0.1, 0.15) is 0 Å². The first-order chi connectivity index (χ1) is 11.5. The lowest BCUT2D eigenvalue weighted by molar-refractivity contribution is -0.115. The Labute approximate surface area is 149 Å². The van der Waals surface area contributed by atoms with Crippen molar-refractivity contribution in [2.75, 3.05) is 12.4 Å². The van der Waals surface area contributed by atoms with Crippen LogP contribution >= 0.6 is 23.4 Å². The molecule has 24 heavy (non-hydrogen) atoms. The molecular weight excluding hydrogens is 350 g/mol. The van der Waals surface area contributed by atoms with Gasteiger partial charge in [0, 0.05) is 23.9 Å². The molecule has 0 bridgehead atoms. The van der Waals surface area contributed by atoms with E-state index in [4.69, 9.17) is 16.3 Å². The fourth-order valence-electron chi connectivity index (χ4n) is 1.97. The highest BCUT2D eigenvalue weighted by atomic mass is 35.5. The number of amides is 1. The fraction of sp³-hybridized carbons (Fsp3) is 0.312. The number of aromatic amines is 1. The van der Waals surface area contributed by atoms with Crippen molar-refractivity contribution in [2.45, 2.75) is 30.4 Å². The zero-order valence-electron chi connectivity index (χ0n) is 13.3. The molecule has 6 nitrogen and oxygen atoms in total. The molecule has 2 aromatic rings. The van der Waals surface area contributed by atoms with Crippen LogP contribution < -0.4 is 10.9 Å². The minimum absolute atomic E-state index is 0.162. The molecule has 0 spiro atoms. The van der Waals surface area contributed by atoms with E-state index in [1.54, 1.807) is 24.3 Å². The number of carbonyl (C=O) groups excluding carboxylic acids is 1. The first-order valence-corrected chi connectivity index (χ1v) is 8.60. The lowest BCUT2D eigenvalue weighted by atomic mass is 10.3. The van der Waals surface area contributed by atoms with Gasteiger partial charge in [-0.15, -0.1) is 0 Å². The van der Waals surface area contributed by atoms with Crippen molar-refractivity contribution in [1.29, 1.82) is 0 Å². The number of aromatic nitrogens is 2. The molecule has 0 fully saturated rings. The zero-order valence-corrected chi connectivity index (χ0v) is 14.9. The molecule has 1 heterocycles. The molecule has 0 saturated carbocycles. The third-order valence-corrected chi connectivity index (χ3v) is 4.59. The van der Waals surface area contributed by atoms with Crippen LogP contribution in [0.5, 0.6) is 0 Å². The molecule has 1 aromatic heterocycles. The largest absolute Gasteiger partial charge is 0.378 e. The summed E-state index contributed by atoms with van der Waals surface area (Å²) in [5, 5.41) is 3.44. The lowest BCUT2D eigenvalue weighted by Crippen LogP contribution is -2.25. The topological polar surface area (TPSA) is 84.1 Å². The molecule has 1 amide bonds. The SMILES string of the molecule is CCC(Sc1nc(COC)cc(=O)[nH]1)C(=O)Nc1ccc(Cl)cc1. The summed E-state index contributed by atoms with van der Waals surface area (Å²) in [6, 6.07) is 8.26. The Morgan fingerprint density at radius 2 is 2.12 bits per heavy atom. The summed E-state index contributed by atoms with van der Waals surface area (Å²) in [6.45, 7) is 2.14. The maximum Gasteiger partial charge on any atom is 0.251 e. The van der Waals surface area contributed by atoms with Gasteiger partial charge in [0.05, 0.1) is 17.6 Å². The number of carbonyl (C=O) groups is 1. The Morgan fingerprint density at radius 1 is 1.42 bits per heavy atom. The molecule has 2 N–H and O–H groups in total. The summed E-state index contributed by atoms with van der Waals surface area (Å²) in [6.07, 6.45) is 0.586. The number of nitrogens with one attached hydrogen (secondary N) is 2. The van der Waals surface area contributed by atoms with Crippen molar-refractivity contribution in [3.63, 3.8) is 0 Å². The van der Waals surface area contributed by atoms with Crippen LogP contribution in [0.25, 0.3) is 0 Å². The number of anilines is 1. The molecular formula is C16H18ClN3O3S. The van der Waals surface area contributed by atoms with E-state index in [0.29, 0.717) is 28.0 Å². The van der Waals surface area contributed by atoms with E-state index in [0.717, 1.165) is 0 Å². The van der Waals surface area contributed by atoms with Crippen molar-refractivity contribution < 1.29 is 9.53 Å². The highest BCUT2D eigenvalue weighted by molar-refractivity contribution is 8.00. The number of hydrogen-bond acceptors (Lipinski definition) is 5. The second kappa shape index (κ2) is 8.86. The zero-order chi connectivity index (χ0) is 17.5. The quantitative estimate of drug-likeness (QED) is 0.580. The summed E-state index contributed by atoms with van der Waals surface area (Å²) in [7, 11) is 1.53. The summed E-state index contributed by atoms with van der Waals surface area (Å²) in [5.41, 5.74) is 0.919. The number of H-pyrrole nitrogens is 1. The van der Waals surface area contributed by atoms with Gasteiger partial charge >= 0.3 is 0 Å². The van der Waals surface area contributed by atoms with Crippen LogP contribution in [0.4, 0.5) is 5.69 Å². The van der Waals surface area contributed by atoms with Crippen LogP contribution in [-0.2, 0) is 16.1 Å². The smallest absolute Gasteiger partial charge is 0.251 e. The highest BCUT2D eigenvalue weighted by Gasteiger charge is 2.19. The van der Waals surface area contributed by atoms with E-state index in [2.05, 4.69) is 15.3 Å². The van der Waals surface area contributed by atoms with E-state index in [1.807, 2.05) is 6.92 Å². The number of halogens is 1. The van der Waals surface area contributed by atoms with Gasteiger partial charge in [-0.2, -0.15) is 0 Å². The molecule has 0 aliphatic rings. The number of benzene rings is 1. The average Bonchev–Trinajstić information content (AvgIpc) is 2.54. The van der Waals surface area contributed by atoms with Crippen molar-refractivity contribution in [3.8, 4) is 0 Å². The van der Waals surface area contributed by atoms with Crippen LogP contribution in [0.2, 0.25) is 5.02 Å². The fourth-order valence-corrected chi connectivity index (χ4v) is 3.03. The Hall–Kier alpha value is -1.83. The van der Waals surface area contributed by atoms with Crippen LogP contribution in [0, 0.1) is 0 Å². The Balaban J connectivity index is 2.09. The van der Waals surface area contributed by atoms with E-state index in [1.165, 1.54) is 24.9 Å². The number of nitrogens with zero attached hydrogens (tertiary/aromatic N) is 1. The average molecular weight is 368 g/mol. The number of thioether (sulfide) groups is 1. The minimum atomic E-state index is -0.387. The predicted molar refractivity (Wildman–Crippen MR) is 95.6 cm³/mol. The standard InChI is InChI=1S/C16H18ClN3O3S/c1-3-13(15(22)18-11-6-4-10(17)5-7-11)24-16-19-12(9-23-2)8-14(21)20-16/h4-8,13H,3,9H2,1-2H3,(H,18,22)(H,19,20,21). The van der Waals surface area contributed by atoms with E-state index < -0.39 is 0 Å². The molecule has 0 aliphatic carbocycles. The molecule has 1 atom stereocenters. The molecule has 0 radical (unpaired) electrons. The predicted octanol–water partition coefficient (Wildman–Crippen LogP) is 3.08. The van der Waals surface area contributed by atoms with Crippen molar-refractivity contribution in [1.82, 2.24) is 9.97 Å². The first-order valence-electron chi connectivity index (χ1n) is 7.34. The van der Waals surface area contributed by atoms with E-state index >= 15 is 0 Å². The summed E-state index contributed by atoms with van der Waals surface area (Å²) >= 11 is 7.04. The van der Waals surface area contributed by atoms with Gasteiger partial charge in [0.15, 0.2) is 5.16 Å². The third kappa shape index (κ3) is 5.36. The van der Waals surface area contributed by atoms with Crippen LogP contribution in [0.15, 0.2) is 40.3 Å². The van der Waals surface area contributed by atoms with Gasteiger partial charge in [-0.05, 0) is 30.7 Å². The monoisotopic (exact) mass is 367 g/mol. The Morgan fingerprint density at radius 3 is 2.75 bits per heavy atom. The normalized spacial score (nSPS) is 12.0. The summed E-state index contributed by atoms with van der Waals surface area (Å²) in [5.74, 6) is -0.162. The maximum absolute atomic E-state index is 12.4. The van der Waals surface area contributed by atoms with Gasteiger partial charge in [-0.25, -0.2) is 4.98 Å². The number of methoxy groups -OCH3 is 1. The second-order valence-electron chi connectivity index (χ2n) is 4.99. The molecule has 1 aromatic carbocycles. The van der Waals surface area contributed by atoms with E-state index in [-0.39, 0.29) is 23.3 Å². The first kappa shape index (κ1) is 18.5.